The number of nitrogens with one attached hydrogen (secondary N) is 1. The molecule has 2 amide bonds. The first-order chi connectivity index (χ1) is 8.97. The molecule has 0 bridgehead atoms. The van der Waals surface area contributed by atoms with Crippen LogP contribution in [0, 0.1) is 6.92 Å². The molecule has 0 atom stereocenters. The summed E-state index contributed by atoms with van der Waals surface area (Å²) in [4.78, 5) is 12.8. The van der Waals surface area contributed by atoms with E-state index in [1.807, 2.05) is 0 Å². The van der Waals surface area contributed by atoms with Crippen LogP contribution in [0.1, 0.15) is 18.4 Å². The molecule has 1 saturated heterocycles. The molecule has 19 heavy (non-hydrogen) atoms. The third-order valence-corrected chi connectivity index (χ3v) is 4.59. The molecule has 1 aliphatic heterocycles. The van der Waals surface area contributed by atoms with Gasteiger partial charge in [-0.3, -0.25) is 0 Å². The van der Waals surface area contributed by atoms with Gasteiger partial charge in [0.15, 0.2) is 0 Å². The second kappa shape index (κ2) is 6.13. The summed E-state index contributed by atoms with van der Waals surface area (Å²) in [6, 6.07) is 4.22. The Labute approximate surface area is 130 Å². The Morgan fingerprint density at radius 2 is 1.84 bits per heavy atom. The average Bonchev–Trinajstić information content (AvgIpc) is 2.34. The number of urea groups is 1. The van der Waals surface area contributed by atoms with Gasteiger partial charge < -0.3 is 16.0 Å². The van der Waals surface area contributed by atoms with Crippen LogP contribution in [0.25, 0.3) is 0 Å². The maximum Gasteiger partial charge on any atom is 0.314 e. The van der Waals surface area contributed by atoms with Gasteiger partial charge in [0.2, 0.25) is 0 Å². The van der Waals surface area contributed by atoms with Crippen LogP contribution in [-0.2, 0) is 0 Å². The monoisotopic (exact) mass is 389 g/mol. The summed E-state index contributed by atoms with van der Waals surface area (Å²) >= 11 is 7.17. The highest BCUT2D eigenvalue weighted by Crippen LogP contribution is 2.33. The van der Waals surface area contributed by atoms with E-state index in [1.54, 1.807) is 4.90 Å². The van der Waals surface area contributed by atoms with E-state index in [-0.39, 0.29) is 6.03 Å². The van der Waals surface area contributed by atoms with E-state index >= 15 is 0 Å². The molecule has 0 radical (unpaired) electrons. The minimum atomic E-state index is -0.323. The summed E-state index contributed by atoms with van der Waals surface area (Å²) in [5.74, 6) is 0. The Hall–Kier alpha value is -0.750. The summed E-state index contributed by atoms with van der Waals surface area (Å²) in [6.07, 6.45) is 1.82. The number of hydrogen-bond donors (Lipinski definition) is 2. The molecule has 0 saturated carbocycles. The first kappa shape index (κ1) is 14.7. The molecule has 6 heteroatoms. The van der Waals surface area contributed by atoms with E-state index in [9.17, 15) is 4.79 Å². The fourth-order valence-corrected chi connectivity index (χ4v) is 3.93. The van der Waals surface area contributed by atoms with Crippen molar-refractivity contribution in [3.63, 3.8) is 0 Å². The molecule has 1 heterocycles. The number of aryl methyl sites for hydroxylation is 1. The van der Waals surface area contributed by atoms with Crippen molar-refractivity contribution in [3.8, 4) is 0 Å². The van der Waals surface area contributed by atoms with Crippen molar-refractivity contribution in [3.05, 3.63) is 26.6 Å². The van der Waals surface area contributed by atoms with Crippen molar-refractivity contribution >= 4 is 43.6 Å². The van der Waals surface area contributed by atoms with Crippen LogP contribution in [0.4, 0.5) is 10.5 Å². The standard InChI is InChI=1S/C13H17Br2N3O/c1-8-6-10(14)12(11(15)7-8)17-9-2-4-18(5-3-9)13(16)19/h6-7,9,17H,2-5H2,1H3,(H2,16,19). The van der Waals surface area contributed by atoms with Crippen LogP contribution >= 0.6 is 31.9 Å². The molecule has 2 rings (SSSR count). The third kappa shape index (κ3) is 3.63. The van der Waals surface area contributed by atoms with Crippen LogP contribution in [0.15, 0.2) is 21.1 Å². The molecule has 0 spiro atoms. The molecule has 0 aromatic heterocycles. The fourth-order valence-electron chi connectivity index (χ4n) is 2.29. The number of hydrogen-bond acceptors (Lipinski definition) is 2. The second-order valence-corrected chi connectivity index (χ2v) is 6.56. The summed E-state index contributed by atoms with van der Waals surface area (Å²) in [5, 5.41) is 3.53. The molecule has 3 N–H and O–H groups in total. The lowest BCUT2D eigenvalue weighted by molar-refractivity contribution is 0.193. The number of nitrogens with zero attached hydrogens (tertiary/aromatic N) is 1. The van der Waals surface area contributed by atoms with E-state index in [4.69, 9.17) is 5.73 Å². The molecule has 1 aromatic rings. The lowest BCUT2D eigenvalue weighted by Crippen LogP contribution is -2.44. The van der Waals surface area contributed by atoms with E-state index in [0.717, 1.165) is 27.5 Å². The molecule has 0 unspecified atom stereocenters. The summed E-state index contributed by atoms with van der Waals surface area (Å²) in [7, 11) is 0. The number of piperidine rings is 1. The molecule has 0 aliphatic carbocycles. The van der Waals surface area contributed by atoms with Crippen LogP contribution in [-0.4, -0.2) is 30.1 Å². The third-order valence-electron chi connectivity index (χ3n) is 3.34. The lowest BCUT2D eigenvalue weighted by Gasteiger charge is -2.32. The Morgan fingerprint density at radius 3 is 2.32 bits per heavy atom. The minimum Gasteiger partial charge on any atom is -0.380 e. The topological polar surface area (TPSA) is 58.4 Å². The van der Waals surface area contributed by atoms with E-state index < -0.39 is 0 Å². The lowest BCUT2D eigenvalue weighted by atomic mass is 10.0. The van der Waals surface area contributed by atoms with Gasteiger partial charge in [0.1, 0.15) is 0 Å². The van der Waals surface area contributed by atoms with Gasteiger partial charge in [0.25, 0.3) is 0 Å². The Bertz CT molecular complexity index is 462. The average molecular weight is 391 g/mol. The fraction of sp³-hybridized carbons (Fsp3) is 0.462. The van der Waals surface area contributed by atoms with Crippen LogP contribution in [0.3, 0.4) is 0 Å². The first-order valence-electron chi connectivity index (χ1n) is 6.24. The highest BCUT2D eigenvalue weighted by atomic mass is 79.9. The van der Waals surface area contributed by atoms with Crippen molar-refractivity contribution in [1.29, 1.82) is 0 Å². The number of anilines is 1. The van der Waals surface area contributed by atoms with Gasteiger partial charge in [-0.05, 0) is 69.3 Å². The zero-order chi connectivity index (χ0) is 14.0. The quantitative estimate of drug-likeness (QED) is 0.812. The Balaban J connectivity index is 2.02. The number of carbonyl (C=O) groups is 1. The molecular formula is C13H17Br2N3O. The molecule has 1 aromatic carbocycles. The van der Waals surface area contributed by atoms with E-state index in [0.29, 0.717) is 19.1 Å². The number of likely N-dealkylation sites (tertiary alicyclic amines) is 1. The van der Waals surface area contributed by atoms with Gasteiger partial charge in [0, 0.05) is 28.1 Å². The predicted octanol–water partition coefficient (Wildman–Crippen LogP) is 3.48. The maximum absolute atomic E-state index is 11.1. The van der Waals surface area contributed by atoms with Crippen LogP contribution in [0.2, 0.25) is 0 Å². The number of nitrogens with two attached hydrogens (primary N) is 1. The largest absolute Gasteiger partial charge is 0.380 e. The van der Waals surface area contributed by atoms with E-state index in [1.165, 1.54) is 5.56 Å². The van der Waals surface area contributed by atoms with Crippen molar-refractivity contribution in [2.75, 3.05) is 18.4 Å². The molecule has 104 valence electrons. The van der Waals surface area contributed by atoms with Gasteiger partial charge in [-0.1, -0.05) is 0 Å². The Morgan fingerprint density at radius 1 is 1.32 bits per heavy atom. The SMILES string of the molecule is Cc1cc(Br)c(NC2CCN(C(N)=O)CC2)c(Br)c1. The zero-order valence-electron chi connectivity index (χ0n) is 10.7. The number of halogens is 2. The summed E-state index contributed by atoms with van der Waals surface area (Å²) in [6.45, 7) is 3.49. The van der Waals surface area contributed by atoms with Gasteiger partial charge in [-0.2, -0.15) is 0 Å². The van der Waals surface area contributed by atoms with Gasteiger partial charge >= 0.3 is 6.03 Å². The van der Waals surface area contributed by atoms with Gasteiger partial charge in [-0.25, -0.2) is 4.79 Å². The second-order valence-electron chi connectivity index (χ2n) is 4.85. The molecule has 4 nitrogen and oxygen atoms in total. The highest BCUT2D eigenvalue weighted by Gasteiger charge is 2.22. The number of primary amides is 1. The van der Waals surface area contributed by atoms with Crippen molar-refractivity contribution in [2.45, 2.75) is 25.8 Å². The maximum atomic E-state index is 11.1. The van der Waals surface area contributed by atoms with Gasteiger partial charge in [0.05, 0.1) is 5.69 Å². The van der Waals surface area contributed by atoms with Gasteiger partial charge in [-0.15, -0.1) is 0 Å². The molecular weight excluding hydrogens is 374 g/mol. The number of rotatable bonds is 2. The highest BCUT2D eigenvalue weighted by molar-refractivity contribution is 9.11. The Kier molecular flexibility index (Phi) is 4.73. The minimum absolute atomic E-state index is 0.323. The summed E-state index contributed by atoms with van der Waals surface area (Å²) < 4.78 is 2.11. The smallest absolute Gasteiger partial charge is 0.314 e. The number of benzene rings is 1. The number of amides is 2. The molecule has 1 fully saturated rings. The molecule has 1 aliphatic rings. The zero-order valence-corrected chi connectivity index (χ0v) is 13.9. The first-order valence-corrected chi connectivity index (χ1v) is 7.82. The van der Waals surface area contributed by atoms with Crippen LogP contribution < -0.4 is 11.1 Å². The predicted molar refractivity (Wildman–Crippen MR) is 84.4 cm³/mol. The number of carbonyl (C=O) groups excluding carboxylic acids is 1. The van der Waals surface area contributed by atoms with Crippen molar-refractivity contribution < 1.29 is 4.79 Å². The summed E-state index contributed by atoms with van der Waals surface area (Å²) in [5.41, 5.74) is 7.56. The van der Waals surface area contributed by atoms with E-state index in [2.05, 4.69) is 56.2 Å². The normalized spacial score (nSPS) is 16.5. The van der Waals surface area contributed by atoms with Crippen molar-refractivity contribution in [2.24, 2.45) is 5.73 Å². The van der Waals surface area contributed by atoms with Crippen LogP contribution in [0.5, 0.6) is 0 Å². The van der Waals surface area contributed by atoms with Crippen molar-refractivity contribution in [1.82, 2.24) is 4.90 Å².